The lowest BCUT2D eigenvalue weighted by Crippen LogP contribution is -2.35. The molecule has 2 heterocycles. The molecule has 0 bridgehead atoms. The van der Waals surface area contributed by atoms with Crippen molar-refractivity contribution < 1.29 is 9.18 Å². The summed E-state index contributed by atoms with van der Waals surface area (Å²) in [6.45, 7) is 7.25. The van der Waals surface area contributed by atoms with Gasteiger partial charge in [-0.05, 0) is 25.9 Å². The van der Waals surface area contributed by atoms with Crippen LogP contribution in [-0.2, 0) is 10.2 Å². The molecule has 2 N–H and O–H groups in total. The molecule has 1 aliphatic rings. The van der Waals surface area contributed by atoms with Gasteiger partial charge in [-0.25, -0.2) is 14.4 Å². The van der Waals surface area contributed by atoms with Crippen molar-refractivity contribution >= 4 is 11.7 Å². The number of halogens is 1. The van der Waals surface area contributed by atoms with Crippen molar-refractivity contribution in [2.45, 2.75) is 39.0 Å². The van der Waals surface area contributed by atoms with E-state index >= 15 is 0 Å². The number of piperidine rings is 1. The van der Waals surface area contributed by atoms with Gasteiger partial charge in [0, 0.05) is 11.3 Å². The van der Waals surface area contributed by atoms with Crippen molar-refractivity contribution in [1.82, 2.24) is 15.3 Å². The van der Waals surface area contributed by atoms with Gasteiger partial charge in [0.25, 0.3) is 0 Å². The Morgan fingerprint density at radius 1 is 1.35 bits per heavy atom. The Morgan fingerprint density at radius 2 is 2.00 bits per heavy atom. The third-order valence-corrected chi connectivity index (χ3v) is 3.45. The predicted molar refractivity (Wildman–Crippen MR) is 74.9 cm³/mol. The minimum absolute atomic E-state index is 0.0199. The van der Waals surface area contributed by atoms with Crippen LogP contribution in [0.4, 0.5) is 10.2 Å². The first-order valence-corrected chi connectivity index (χ1v) is 6.92. The highest BCUT2D eigenvalue weighted by atomic mass is 19.1. The number of hydrogen-bond acceptors (Lipinski definition) is 4. The van der Waals surface area contributed by atoms with E-state index in [0.717, 1.165) is 25.9 Å². The first-order valence-electron chi connectivity index (χ1n) is 6.92. The Balaban J connectivity index is 2.15. The summed E-state index contributed by atoms with van der Waals surface area (Å²) in [4.78, 5) is 20.0. The average molecular weight is 280 g/mol. The Kier molecular flexibility index (Phi) is 4.32. The Labute approximate surface area is 118 Å². The average Bonchev–Trinajstić information content (AvgIpc) is 2.40. The number of anilines is 1. The molecule has 1 aromatic heterocycles. The lowest BCUT2D eigenvalue weighted by Gasteiger charge is -2.22. The highest BCUT2D eigenvalue weighted by Crippen LogP contribution is 2.26. The molecule has 20 heavy (non-hydrogen) atoms. The fraction of sp³-hybridized carbons (Fsp3) is 0.643. The van der Waals surface area contributed by atoms with Crippen molar-refractivity contribution in [2.75, 3.05) is 18.4 Å². The van der Waals surface area contributed by atoms with Crippen LogP contribution >= 0.6 is 0 Å². The zero-order chi connectivity index (χ0) is 14.8. The van der Waals surface area contributed by atoms with Crippen LogP contribution in [0.15, 0.2) is 6.33 Å². The van der Waals surface area contributed by atoms with E-state index in [1.807, 2.05) is 20.8 Å². The minimum atomic E-state index is -0.540. The quantitative estimate of drug-likeness (QED) is 0.867. The summed E-state index contributed by atoms with van der Waals surface area (Å²) in [7, 11) is 0. The molecule has 1 saturated heterocycles. The molecule has 0 aliphatic carbocycles. The molecule has 6 heteroatoms. The second kappa shape index (κ2) is 5.83. The monoisotopic (exact) mass is 280 g/mol. The minimum Gasteiger partial charge on any atom is -0.317 e. The number of carbonyl (C=O) groups excluding carboxylic acids is 1. The van der Waals surface area contributed by atoms with E-state index in [2.05, 4.69) is 20.6 Å². The molecule has 0 saturated carbocycles. The summed E-state index contributed by atoms with van der Waals surface area (Å²) in [5, 5.41) is 5.79. The number of rotatable bonds is 2. The molecule has 1 amide bonds. The molecular weight excluding hydrogens is 259 g/mol. The first kappa shape index (κ1) is 14.8. The number of nitrogens with one attached hydrogen (secondary N) is 2. The highest BCUT2D eigenvalue weighted by molar-refractivity contribution is 5.91. The van der Waals surface area contributed by atoms with Crippen LogP contribution in [0, 0.1) is 11.7 Å². The lowest BCUT2D eigenvalue weighted by molar-refractivity contribution is -0.120. The maximum atomic E-state index is 14.3. The van der Waals surface area contributed by atoms with Crippen LogP contribution in [0.25, 0.3) is 0 Å². The third-order valence-electron chi connectivity index (χ3n) is 3.45. The van der Waals surface area contributed by atoms with Gasteiger partial charge in [0.2, 0.25) is 5.91 Å². The van der Waals surface area contributed by atoms with Gasteiger partial charge in [-0.1, -0.05) is 20.8 Å². The molecule has 1 fully saturated rings. The van der Waals surface area contributed by atoms with E-state index in [0.29, 0.717) is 5.69 Å². The van der Waals surface area contributed by atoms with Gasteiger partial charge >= 0.3 is 0 Å². The summed E-state index contributed by atoms with van der Waals surface area (Å²) >= 11 is 0. The van der Waals surface area contributed by atoms with Gasteiger partial charge in [0.15, 0.2) is 11.6 Å². The Bertz CT molecular complexity index is 492. The van der Waals surface area contributed by atoms with Gasteiger partial charge in [-0.2, -0.15) is 0 Å². The molecule has 2 rings (SSSR count). The van der Waals surface area contributed by atoms with Crippen molar-refractivity contribution in [3.05, 3.63) is 17.8 Å². The van der Waals surface area contributed by atoms with Crippen LogP contribution < -0.4 is 10.6 Å². The number of aromatic nitrogens is 2. The molecule has 0 spiro atoms. The number of carbonyl (C=O) groups is 1. The maximum Gasteiger partial charge on any atom is 0.228 e. The molecule has 110 valence electrons. The third kappa shape index (κ3) is 3.30. The normalized spacial score (nSPS) is 17.0. The number of nitrogens with zero attached hydrogens (tertiary/aromatic N) is 2. The van der Waals surface area contributed by atoms with Crippen molar-refractivity contribution in [3.8, 4) is 0 Å². The fourth-order valence-corrected chi connectivity index (χ4v) is 2.28. The van der Waals surface area contributed by atoms with Gasteiger partial charge in [0.05, 0.1) is 5.69 Å². The molecule has 0 aromatic carbocycles. The lowest BCUT2D eigenvalue weighted by atomic mass is 9.91. The van der Waals surface area contributed by atoms with E-state index in [1.165, 1.54) is 6.33 Å². The van der Waals surface area contributed by atoms with Crippen molar-refractivity contribution in [3.63, 3.8) is 0 Å². The summed E-state index contributed by atoms with van der Waals surface area (Å²) in [5.41, 5.74) is -0.116. The second-order valence-electron chi connectivity index (χ2n) is 6.15. The number of amides is 1. The van der Waals surface area contributed by atoms with E-state index < -0.39 is 11.2 Å². The summed E-state index contributed by atoms with van der Waals surface area (Å²) in [6, 6.07) is 0. The first-order chi connectivity index (χ1) is 9.39. The van der Waals surface area contributed by atoms with Gasteiger partial charge < -0.3 is 10.6 Å². The SMILES string of the molecule is CC(C)(C)c1ncnc(NC(=O)C2CCNCC2)c1F. The van der Waals surface area contributed by atoms with Crippen LogP contribution in [0.3, 0.4) is 0 Å². The molecular formula is C14H21FN4O. The van der Waals surface area contributed by atoms with E-state index in [-0.39, 0.29) is 17.6 Å². The topological polar surface area (TPSA) is 66.9 Å². The summed E-state index contributed by atoms with van der Waals surface area (Å²) in [5.74, 6) is -0.802. The molecule has 0 radical (unpaired) electrons. The maximum absolute atomic E-state index is 14.3. The van der Waals surface area contributed by atoms with Crippen LogP contribution in [0.2, 0.25) is 0 Å². The zero-order valence-electron chi connectivity index (χ0n) is 12.2. The fourth-order valence-electron chi connectivity index (χ4n) is 2.28. The largest absolute Gasteiger partial charge is 0.317 e. The van der Waals surface area contributed by atoms with E-state index in [1.54, 1.807) is 0 Å². The van der Waals surface area contributed by atoms with Crippen LogP contribution in [-0.4, -0.2) is 29.0 Å². The Morgan fingerprint density at radius 3 is 2.60 bits per heavy atom. The van der Waals surface area contributed by atoms with Crippen LogP contribution in [0.1, 0.15) is 39.3 Å². The zero-order valence-corrected chi connectivity index (χ0v) is 12.2. The second-order valence-corrected chi connectivity index (χ2v) is 6.15. The van der Waals surface area contributed by atoms with E-state index in [9.17, 15) is 9.18 Å². The Hall–Kier alpha value is -1.56. The smallest absolute Gasteiger partial charge is 0.228 e. The molecule has 0 atom stereocenters. The standard InChI is InChI=1S/C14H21FN4O/c1-14(2,3)11-10(15)12(18-8-17-11)19-13(20)9-4-6-16-7-5-9/h8-9,16H,4-7H2,1-3H3,(H,17,18,19,20). The summed E-state index contributed by atoms with van der Waals surface area (Å²) < 4.78 is 14.3. The molecule has 1 aliphatic heterocycles. The van der Waals surface area contributed by atoms with Gasteiger partial charge in [-0.3, -0.25) is 4.79 Å². The molecule has 1 aromatic rings. The predicted octanol–water partition coefficient (Wildman–Crippen LogP) is 1.85. The summed E-state index contributed by atoms with van der Waals surface area (Å²) in [6.07, 6.45) is 2.83. The van der Waals surface area contributed by atoms with Crippen molar-refractivity contribution in [1.29, 1.82) is 0 Å². The van der Waals surface area contributed by atoms with E-state index in [4.69, 9.17) is 0 Å². The van der Waals surface area contributed by atoms with Gasteiger partial charge in [0.1, 0.15) is 6.33 Å². The van der Waals surface area contributed by atoms with Crippen molar-refractivity contribution in [2.24, 2.45) is 5.92 Å². The van der Waals surface area contributed by atoms with Crippen LogP contribution in [0.5, 0.6) is 0 Å². The molecule has 5 nitrogen and oxygen atoms in total. The highest BCUT2D eigenvalue weighted by Gasteiger charge is 2.26. The number of hydrogen-bond donors (Lipinski definition) is 2. The molecule has 0 unspecified atom stereocenters. The van der Waals surface area contributed by atoms with Gasteiger partial charge in [-0.15, -0.1) is 0 Å².